The minimum absolute atomic E-state index is 0. The molecule has 0 aliphatic heterocycles. The van der Waals surface area contributed by atoms with Gasteiger partial charge in [-0.15, -0.1) is 0 Å². The fraction of sp³-hybridized carbons (Fsp3) is 0.914. The van der Waals surface area contributed by atoms with Crippen LogP contribution in [0, 0.1) is 46.3 Å². The second-order valence-electron chi connectivity index (χ2n) is 15.4. The highest BCUT2D eigenvalue weighted by Gasteiger charge is 2.59. The van der Waals surface area contributed by atoms with Crippen molar-refractivity contribution in [2.24, 2.45) is 46.3 Å². The molecule has 3 fully saturated rings. The third-order valence-electron chi connectivity index (χ3n) is 12.1. The molecule has 0 radical (unpaired) electrons. The molecule has 4 aliphatic rings. The number of rotatable bonds is 13. The van der Waals surface area contributed by atoms with Gasteiger partial charge in [0.25, 0.3) is 0 Å². The minimum atomic E-state index is -3.53. The van der Waals surface area contributed by atoms with Crippen LogP contribution in [-0.2, 0) is 13.8 Å². The summed E-state index contributed by atoms with van der Waals surface area (Å²) in [6.45, 7) is 13.8. The Kier molecular flexibility index (Phi) is 12.9. The molecule has 0 heterocycles. The van der Waals surface area contributed by atoms with Crippen LogP contribution >= 0.6 is 7.60 Å². The van der Waals surface area contributed by atoms with E-state index in [9.17, 15) is 14.5 Å². The van der Waals surface area contributed by atoms with Crippen molar-refractivity contribution in [2.45, 2.75) is 138 Å². The summed E-state index contributed by atoms with van der Waals surface area (Å²) >= 11 is 0. The van der Waals surface area contributed by atoms with E-state index in [4.69, 9.17) is 14.2 Å². The second-order valence-corrected chi connectivity index (χ2v) is 17.2. The summed E-state index contributed by atoms with van der Waals surface area (Å²) in [6, 6.07) is 0. The smallest absolute Gasteiger partial charge is 0.407 e. The molecule has 0 aromatic rings. The first-order valence-electron chi connectivity index (χ1n) is 17.0. The van der Waals surface area contributed by atoms with Crippen molar-refractivity contribution in [1.82, 2.24) is 5.32 Å². The maximum absolute atomic E-state index is 12.5. The molecule has 8 heteroatoms. The van der Waals surface area contributed by atoms with Gasteiger partial charge in [-0.1, -0.05) is 73.0 Å². The van der Waals surface area contributed by atoms with Gasteiger partial charge >= 0.3 is 13.7 Å². The number of allylic oxidation sites excluding steroid dienone is 1. The quantitative estimate of drug-likeness (QED) is 0.140. The summed E-state index contributed by atoms with van der Waals surface area (Å²) in [5, 5.41) is 12.8. The minimum Gasteiger partial charge on any atom is -0.446 e. The van der Waals surface area contributed by atoms with Crippen LogP contribution in [0.15, 0.2) is 11.6 Å². The zero-order valence-electron chi connectivity index (χ0n) is 27.3. The lowest BCUT2D eigenvalue weighted by molar-refractivity contribution is -0.0581. The Labute approximate surface area is 262 Å². The second kappa shape index (κ2) is 15.1. The van der Waals surface area contributed by atoms with E-state index in [1.54, 1.807) is 0 Å². The molecule has 0 spiro atoms. The van der Waals surface area contributed by atoms with Crippen LogP contribution in [0.1, 0.15) is 126 Å². The number of alkyl carbamates (subject to hydrolysis) is 1. The Morgan fingerprint density at radius 3 is 2.51 bits per heavy atom. The van der Waals surface area contributed by atoms with Crippen molar-refractivity contribution in [3.05, 3.63) is 11.6 Å². The fourth-order valence-electron chi connectivity index (χ4n) is 9.79. The summed E-state index contributed by atoms with van der Waals surface area (Å²) in [7, 11) is -3.53. The summed E-state index contributed by atoms with van der Waals surface area (Å²) in [5.74, 6) is 4.91. The molecule has 0 saturated heterocycles. The van der Waals surface area contributed by atoms with Gasteiger partial charge in [0, 0.05) is 19.6 Å². The SMILES string of the molecule is C.CC(C)CCC[C@@H](C)[C@H]1CC[C@H]2[C@@H]3CC=C4C[C@@H](OC(=O)NCCC(O)CCOP(C)(=O)O)CC[C@]4(C)[C@H]3CC[C@]12C. The topological polar surface area (TPSA) is 105 Å². The van der Waals surface area contributed by atoms with Gasteiger partial charge in [-0.2, -0.15) is 0 Å². The fourth-order valence-corrected chi connectivity index (χ4v) is 10.2. The van der Waals surface area contributed by atoms with Crippen LogP contribution in [0.4, 0.5) is 4.79 Å². The molecule has 250 valence electrons. The van der Waals surface area contributed by atoms with Gasteiger partial charge in [0.2, 0.25) is 0 Å². The van der Waals surface area contributed by atoms with Crippen LogP contribution in [0.5, 0.6) is 0 Å². The average Bonchev–Trinajstić information content (AvgIpc) is 3.25. The van der Waals surface area contributed by atoms with Gasteiger partial charge in [-0.25, -0.2) is 4.79 Å². The summed E-state index contributed by atoms with van der Waals surface area (Å²) in [6.07, 6.45) is 15.6. The first-order chi connectivity index (χ1) is 19.7. The Morgan fingerprint density at radius 2 is 1.81 bits per heavy atom. The van der Waals surface area contributed by atoms with E-state index in [0.29, 0.717) is 11.8 Å². The van der Waals surface area contributed by atoms with Gasteiger partial charge in [0.1, 0.15) is 6.10 Å². The van der Waals surface area contributed by atoms with Crippen molar-refractivity contribution >= 4 is 13.7 Å². The summed E-state index contributed by atoms with van der Waals surface area (Å²) in [4.78, 5) is 21.7. The predicted molar refractivity (Wildman–Crippen MR) is 175 cm³/mol. The number of aliphatic hydroxyl groups is 1. The number of hydrogen-bond donors (Lipinski definition) is 3. The third-order valence-corrected chi connectivity index (χ3v) is 12.7. The normalized spacial score (nSPS) is 36.2. The monoisotopic (exact) mass is 625 g/mol. The van der Waals surface area contributed by atoms with Crippen LogP contribution in [0.3, 0.4) is 0 Å². The molecule has 4 aliphatic carbocycles. The molecule has 1 amide bonds. The molecule has 4 rings (SSSR count). The molecule has 3 N–H and O–H groups in total. The maximum atomic E-state index is 12.5. The van der Waals surface area contributed by atoms with E-state index in [1.807, 2.05) is 0 Å². The number of carbonyl (C=O) groups is 1. The number of nitrogens with one attached hydrogen (secondary N) is 1. The van der Waals surface area contributed by atoms with Crippen LogP contribution in [0.25, 0.3) is 0 Å². The lowest BCUT2D eigenvalue weighted by atomic mass is 9.47. The summed E-state index contributed by atoms with van der Waals surface area (Å²) in [5.41, 5.74) is 2.24. The molecule has 43 heavy (non-hydrogen) atoms. The Bertz CT molecular complexity index is 995. The van der Waals surface area contributed by atoms with E-state index in [-0.39, 0.29) is 38.5 Å². The molecule has 10 atom stereocenters. The van der Waals surface area contributed by atoms with Gasteiger partial charge in [-0.3, -0.25) is 4.57 Å². The standard InChI is InChI=1S/C34H60NO6P.CH4/c1-23(2)8-7-9-24(3)29-12-13-30-28-11-10-25-22-27(14-18-33(25,4)31(28)15-19-34(29,30)5)41-32(37)35-20-16-26(36)17-21-40-42(6,38)39;/h10,23-24,26-31,36H,7-9,11-22H2,1-6H3,(H,35,37)(H,38,39);1H4/t24-,26?,27+,28+,29-,30+,31+,33+,34-;/m1./s1. The highest BCUT2D eigenvalue weighted by atomic mass is 31.2. The molecule has 3 saturated carbocycles. The summed E-state index contributed by atoms with van der Waals surface area (Å²) < 4.78 is 21.8. The van der Waals surface area contributed by atoms with Gasteiger partial charge in [0.15, 0.2) is 0 Å². The first kappa shape index (κ1) is 36.6. The Hall–Kier alpha value is -0.880. The van der Waals surface area contributed by atoms with Crippen molar-refractivity contribution in [3.63, 3.8) is 0 Å². The number of fused-ring (bicyclic) bond motifs is 5. The number of carbonyl (C=O) groups excluding carboxylic acids is 1. The van der Waals surface area contributed by atoms with Crippen molar-refractivity contribution < 1.29 is 28.6 Å². The van der Waals surface area contributed by atoms with E-state index in [2.05, 4.69) is 46.0 Å². The lowest BCUT2D eigenvalue weighted by Gasteiger charge is -2.58. The van der Waals surface area contributed by atoms with Gasteiger partial charge < -0.3 is 24.6 Å². The number of amides is 1. The van der Waals surface area contributed by atoms with E-state index >= 15 is 0 Å². The first-order valence-corrected chi connectivity index (χ1v) is 19.0. The molecule has 7 nitrogen and oxygen atoms in total. The van der Waals surface area contributed by atoms with Crippen molar-refractivity contribution in [1.29, 1.82) is 0 Å². The van der Waals surface area contributed by atoms with Crippen LogP contribution in [-0.4, -0.2) is 48.1 Å². The maximum Gasteiger partial charge on any atom is 0.407 e. The lowest BCUT2D eigenvalue weighted by Crippen LogP contribution is -2.51. The van der Waals surface area contributed by atoms with Crippen LogP contribution in [0.2, 0.25) is 0 Å². The van der Waals surface area contributed by atoms with Gasteiger partial charge in [0.05, 0.1) is 12.7 Å². The average molecular weight is 626 g/mol. The molecule has 0 aromatic heterocycles. The molecule has 0 aromatic carbocycles. The zero-order chi connectivity index (χ0) is 30.7. The Morgan fingerprint density at radius 1 is 1.07 bits per heavy atom. The Balaban J connectivity index is 0.00000506. The highest BCUT2D eigenvalue weighted by molar-refractivity contribution is 7.51. The predicted octanol–water partition coefficient (Wildman–Crippen LogP) is 8.73. The van der Waals surface area contributed by atoms with Crippen LogP contribution < -0.4 is 5.32 Å². The molecular weight excluding hydrogens is 561 g/mol. The number of aliphatic hydroxyl groups excluding tert-OH is 1. The molecular formula is C35H64NO6P. The molecule has 0 bridgehead atoms. The van der Waals surface area contributed by atoms with E-state index in [1.165, 1.54) is 56.9 Å². The number of hydrogen-bond acceptors (Lipinski definition) is 5. The van der Waals surface area contributed by atoms with Crippen molar-refractivity contribution in [2.75, 3.05) is 19.8 Å². The van der Waals surface area contributed by atoms with Gasteiger partial charge in [-0.05, 0) is 104 Å². The van der Waals surface area contributed by atoms with Crippen molar-refractivity contribution in [3.8, 4) is 0 Å². The third kappa shape index (κ3) is 8.89. The highest BCUT2D eigenvalue weighted by Crippen LogP contribution is 2.67. The number of ether oxygens (including phenoxy) is 1. The largest absolute Gasteiger partial charge is 0.446 e. The zero-order valence-corrected chi connectivity index (χ0v) is 28.2. The molecule has 2 unspecified atom stereocenters. The van der Waals surface area contributed by atoms with E-state index in [0.717, 1.165) is 61.4 Å². The van der Waals surface area contributed by atoms with E-state index < -0.39 is 19.8 Å².